The summed E-state index contributed by atoms with van der Waals surface area (Å²) in [4.78, 5) is 18.9. The van der Waals surface area contributed by atoms with Crippen molar-refractivity contribution in [1.29, 1.82) is 0 Å². The summed E-state index contributed by atoms with van der Waals surface area (Å²) in [6.07, 6.45) is 7.71. The van der Waals surface area contributed by atoms with Gasteiger partial charge in [-0.05, 0) is 19.3 Å². The van der Waals surface area contributed by atoms with Crippen molar-refractivity contribution in [1.82, 2.24) is 19.8 Å². The molecule has 0 spiro atoms. The highest BCUT2D eigenvalue weighted by Gasteiger charge is 2.22. The van der Waals surface area contributed by atoms with Gasteiger partial charge in [0.1, 0.15) is 5.82 Å². The van der Waals surface area contributed by atoms with Gasteiger partial charge >= 0.3 is 6.03 Å². The zero-order valence-electron chi connectivity index (χ0n) is 13.4. The number of aromatic nitrogens is 2. The first kappa shape index (κ1) is 15.7. The molecule has 2 aliphatic heterocycles. The van der Waals surface area contributed by atoms with Gasteiger partial charge in [0.2, 0.25) is 0 Å². The summed E-state index contributed by atoms with van der Waals surface area (Å²) in [6.45, 7) is 5.71. The van der Waals surface area contributed by atoms with E-state index in [0.717, 1.165) is 50.3 Å². The van der Waals surface area contributed by atoms with Gasteiger partial charge in [-0.3, -0.25) is 0 Å². The van der Waals surface area contributed by atoms with E-state index in [-0.39, 0.29) is 6.03 Å². The van der Waals surface area contributed by atoms with Crippen LogP contribution in [-0.2, 0) is 19.4 Å². The Morgan fingerprint density at radius 2 is 2.36 bits per heavy atom. The minimum atomic E-state index is 0.0859. The van der Waals surface area contributed by atoms with Crippen molar-refractivity contribution in [2.45, 2.75) is 50.8 Å². The van der Waals surface area contributed by atoms with Crippen LogP contribution in [0.4, 0.5) is 4.79 Å². The zero-order chi connectivity index (χ0) is 15.4. The summed E-state index contributed by atoms with van der Waals surface area (Å²) in [5.74, 6) is 2.27. The number of amides is 2. The number of hydrogen-bond acceptors (Lipinski definition) is 3. The van der Waals surface area contributed by atoms with E-state index < -0.39 is 0 Å². The maximum Gasteiger partial charge on any atom is 0.317 e. The highest BCUT2D eigenvalue weighted by molar-refractivity contribution is 8.00. The van der Waals surface area contributed by atoms with Crippen LogP contribution in [-0.4, -0.2) is 51.1 Å². The largest absolute Gasteiger partial charge is 0.338 e. The Morgan fingerprint density at radius 3 is 3.18 bits per heavy atom. The number of fused-ring (bicyclic) bond motifs is 1. The predicted octanol–water partition coefficient (Wildman–Crippen LogP) is 2.30. The zero-order valence-corrected chi connectivity index (χ0v) is 14.2. The maximum atomic E-state index is 12.2. The van der Waals surface area contributed by atoms with Crippen LogP contribution in [0.1, 0.15) is 37.7 Å². The first-order valence-corrected chi connectivity index (χ1v) is 9.50. The molecule has 1 atom stereocenters. The summed E-state index contributed by atoms with van der Waals surface area (Å²) in [5, 5.41) is 3.65. The molecule has 6 heteroatoms. The molecule has 1 aromatic rings. The Balaban J connectivity index is 1.44. The van der Waals surface area contributed by atoms with Crippen molar-refractivity contribution in [2.24, 2.45) is 0 Å². The number of rotatable bonds is 4. The molecule has 3 rings (SSSR count). The summed E-state index contributed by atoms with van der Waals surface area (Å²) in [7, 11) is 0. The van der Waals surface area contributed by atoms with E-state index in [1.807, 2.05) is 16.7 Å². The molecule has 0 radical (unpaired) electrons. The summed E-state index contributed by atoms with van der Waals surface area (Å²) in [6, 6.07) is 0.0859. The van der Waals surface area contributed by atoms with Gasteiger partial charge in [-0.25, -0.2) is 9.78 Å². The highest BCUT2D eigenvalue weighted by atomic mass is 32.2. The van der Waals surface area contributed by atoms with Crippen LogP contribution in [0.2, 0.25) is 0 Å². The fourth-order valence-electron chi connectivity index (χ4n) is 3.15. The van der Waals surface area contributed by atoms with E-state index in [1.165, 1.54) is 18.7 Å². The third-order valence-electron chi connectivity index (χ3n) is 4.50. The third kappa shape index (κ3) is 3.77. The van der Waals surface area contributed by atoms with Gasteiger partial charge in [0, 0.05) is 56.2 Å². The lowest BCUT2D eigenvalue weighted by Gasteiger charge is -2.31. The van der Waals surface area contributed by atoms with Crippen molar-refractivity contribution in [2.75, 3.05) is 25.4 Å². The predicted molar refractivity (Wildman–Crippen MR) is 90.4 cm³/mol. The minimum Gasteiger partial charge on any atom is -0.338 e. The second-order valence-corrected chi connectivity index (χ2v) is 7.54. The Labute approximate surface area is 136 Å². The minimum absolute atomic E-state index is 0.0859. The molecule has 3 heterocycles. The lowest BCUT2D eigenvalue weighted by Crippen LogP contribution is -2.47. The second-order valence-electron chi connectivity index (χ2n) is 6.13. The van der Waals surface area contributed by atoms with Crippen molar-refractivity contribution < 1.29 is 4.79 Å². The van der Waals surface area contributed by atoms with E-state index in [4.69, 9.17) is 0 Å². The summed E-state index contributed by atoms with van der Waals surface area (Å²) < 4.78 is 2.27. The Kier molecular flexibility index (Phi) is 5.28. The molecule has 1 saturated heterocycles. The highest BCUT2D eigenvalue weighted by Crippen LogP contribution is 2.21. The molecular weight excluding hydrogens is 296 g/mol. The van der Waals surface area contributed by atoms with Crippen molar-refractivity contribution in [3.05, 3.63) is 17.7 Å². The molecule has 1 fully saturated rings. The van der Waals surface area contributed by atoms with Gasteiger partial charge in [0.05, 0.1) is 5.69 Å². The molecule has 0 saturated carbocycles. The number of nitrogens with zero attached hydrogens (tertiary/aromatic N) is 3. The molecule has 2 amide bonds. The maximum absolute atomic E-state index is 12.2. The number of aryl methyl sites for hydroxylation is 2. The number of hydrogen-bond donors (Lipinski definition) is 1. The molecule has 22 heavy (non-hydrogen) atoms. The van der Waals surface area contributed by atoms with Crippen LogP contribution in [0.15, 0.2) is 6.20 Å². The molecule has 0 aliphatic carbocycles. The SMILES string of the molecule is CC[C@H]1CN(C(=O)NCCc2cn3c(n2)CCCC3)CCS1. The summed E-state index contributed by atoms with van der Waals surface area (Å²) >= 11 is 1.99. The first-order valence-electron chi connectivity index (χ1n) is 8.45. The molecule has 5 nitrogen and oxygen atoms in total. The van der Waals surface area contributed by atoms with Crippen molar-refractivity contribution >= 4 is 17.8 Å². The van der Waals surface area contributed by atoms with Gasteiger partial charge in [-0.2, -0.15) is 11.8 Å². The van der Waals surface area contributed by atoms with Crippen LogP contribution in [0, 0.1) is 0 Å². The average molecular weight is 322 g/mol. The number of carbonyl (C=O) groups is 1. The monoisotopic (exact) mass is 322 g/mol. The van der Waals surface area contributed by atoms with Gasteiger partial charge in [0.15, 0.2) is 0 Å². The molecule has 1 N–H and O–H groups in total. The third-order valence-corrected chi connectivity index (χ3v) is 5.87. The number of carbonyl (C=O) groups excluding carboxylic acids is 1. The van der Waals surface area contributed by atoms with Crippen LogP contribution in [0.25, 0.3) is 0 Å². The average Bonchev–Trinajstić information content (AvgIpc) is 2.97. The number of thioether (sulfide) groups is 1. The summed E-state index contributed by atoms with van der Waals surface area (Å²) in [5.41, 5.74) is 1.11. The molecule has 0 aromatic carbocycles. The van der Waals surface area contributed by atoms with Crippen molar-refractivity contribution in [3.63, 3.8) is 0 Å². The van der Waals surface area contributed by atoms with Gasteiger partial charge < -0.3 is 14.8 Å². The Hall–Kier alpha value is -1.17. The van der Waals surface area contributed by atoms with Gasteiger partial charge in [0.25, 0.3) is 0 Å². The number of nitrogens with one attached hydrogen (secondary N) is 1. The lowest BCUT2D eigenvalue weighted by molar-refractivity contribution is 0.199. The second kappa shape index (κ2) is 7.40. The molecule has 0 bridgehead atoms. The van der Waals surface area contributed by atoms with E-state index in [0.29, 0.717) is 11.8 Å². The molecule has 0 unspecified atom stereocenters. The quantitative estimate of drug-likeness (QED) is 0.925. The number of imidazole rings is 1. The molecule has 2 aliphatic rings. The topological polar surface area (TPSA) is 50.2 Å². The lowest BCUT2D eigenvalue weighted by atomic mass is 10.2. The smallest absolute Gasteiger partial charge is 0.317 e. The Bertz CT molecular complexity index is 493. The molecule has 1 aromatic heterocycles. The van der Waals surface area contributed by atoms with E-state index in [9.17, 15) is 4.79 Å². The fourth-order valence-corrected chi connectivity index (χ4v) is 4.33. The molecular formula is C16H26N4OS. The van der Waals surface area contributed by atoms with Gasteiger partial charge in [-0.1, -0.05) is 6.92 Å². The van der Waals surface area contributed by atoms with Crippen LogP contribution in [0.5, 0.6) is 0 Å². The van der Waals surface area contributed by atoms with Crippen LogP contribution in [0.3, 0.4) is 0 Å². The molecule has 122 valence electrons. The standard InChI is InChI=1S/C16H26N4OS/c1-2-14-12-20(9-10-22-14)16(21)17-7-6-13-11-19-8-4-3-5-15(19)18-13/h11,14H,2-10,12H2,1H3,(H,17,21)/t14-/m0/s1. The van der Waals surface area contributed by atoms with E-state index in [2.05, 4.69) is 28.0 Å². The van der Waals surface area contributed by atoms with Gasteiger partial charge in [-0.15, -0.1) is 0 Å². The normalized spacial score (nSPS) is 21.5. The Morgan fingerprint density at radius 1 is 1.45 bits per heavy atom. The van der Waals surface area contributed by atoms with Crippen molar-refractivity contribution in [3.8, 4) is 0 Å². The number of urea groups is 1. The van der Waals surface area contributed by atoms with Crippen LogP contribution < -0.4 is 5.32 Å². The van der Waals surface area contributed by atoms with E-state index >= 15 is 0 Å². The van der Waals surface area contributed by atoms with E-state index in [1.54, 1.807) is 0 Å². The van der Waals surface area contributed by atoms with Crippen LogP contribution >= 0.6 is 11.8 Å². The fraction of sp³-hybridized carbons (Fsp3) is 0.750. The first-order chi connectivity index (χ1) is 10.8.